The van der Waals surface area contributed by atoms with Gasteiger partial charge in [0.25, 0.3) is 0 Å². The molecule has 2 heterocycles. The summed E-state index contributed by atoms with van der Waals surface area (Å²) in [7, 11) is 2.20. The van der Waals surface area contributed by atoms with Crippen LogP contribution in [0.3, 0.4) is 0 Å². The molecule has 0 spiro atoms. The minimum Gasteiger partial charge on any atom is -0.459 e. The van der Waals surface area contributed by atoms with E-state index in [1.807, 2.05) is 36.4 Å². The largest absolute Gasteiger partial charge is 0.459 e. The van der Waals surface area contributed by atoms with Crippen molar-refractivity contribution in [2.45, 2.75) is 43.9 Å². The highest BCUT2D eigenvalue weighted by atomic mass is 79.9. The molecule has 0 aromatic heterocycles. The summed E-state index contributed by atoms with van der Waals surface area (Å²) >= 11 is 3.55. The van der Waals surface area contributed by atoms with Gasteiger partial charge < -0.3 is 9.64 Å². The minimum absolute atomic E-state index is 0.0543. The third kappa shape index (κ3) is 2.68. The van der Waals surface area contributed by atoms with Gasteiger partial charge in [0.05, 0.1) is 5.56 Å². The van der Waals surface area contributed by atoms with E-state index in [0.717, 1.165) is 28.1 Å². The zero-order chi connectivity index (χ0) is 16.0. The maximum atomic E-state index is 12.7. The van der Waals surface area contributed by atoms with E-state index in [1.54, 1.807) is 0 Å². The van der Waals surface area contributed by atoms with Gasteiger partial charge in [-0.3, -0.25) is 0 Å². The summed E-state index contributed by atoms with van der Waals surface area (Å²) in [6, 6.07) is 12.9. The predicted octanol–water partition coefficient (Wildman–Crippen LogP) is 4.38. The van der Waals surface area contributed by atoms with Crippen molar-refractivity contribution in [3.05, 3.63) is 46.4 Å². The van der Waals surface area contributed by atoms with E-state index in [1.165, 1.54) is 12.8 Å². The molecule has 1 unspecified atom stereocenters. The van der Waals surface area contributed by atoms with Gasteiger partial charge in [-0.1, -0.05) is 40.2 Å². The van der Waals surface area contributed by atoms with Crippen LogP contribution in [0.5, 0.6) is 0 Å². The van der Waals surface area contributed by atoms with Crippen molar-refractivity contribution in [3.63, 3.8) is 0 Å². The van der Waals surface area contributed by atoms with E-state index in [4.69, 9.17) is 4.74 Å². The van der Waals surface area contributed by atoms with Crippen molar-refractivity contribution in [2.75, 3.05) is 7.05 Å². The Labute approximate surface area is 144 Å². The number of ether oxygens (including phenoxy) is 1. The van der Waals surface area contributed by atoms with Crippen LogP contribution < -0.4 is 0 Å². The molecule has 4 rings (SSSR count). The van der Waals surface area contributed by atoms with Crippen LogP contribution in [-0.2, 0) is 4.74 Å². The van der Waals surface area contributed by atoms with Crippen LogP contribution in [0.1, 0.15) is 36.0 Å². The monoisotopic (exact) mass is 373 g/mol. The van der Waals surface area contributed by atoms with Gasteiger partial charge in [0, 0.05) is 29.4 Å². The lowest BCUT2D eigenvalue weighted by molar-refractivity contribution is -0.000262. The van der Waals surface area contributed by atoms with Crippen LogP contribution in [0.15, 0.2) is 40.9 Å². The second-order valence-corrected chi connectivity index (χ2v) is 7.54. The summed E-state index contributed by atoms with van der Waals surface area (Å²) in [5, 5.41) is 1.99. The first-order valence-electron chi connectivity index (χ1n) is 8.23. The molecule has 120 valence electrons. The molecule has 3 atom stereocenters. The first-order valence-corrected chi connectivity index (χ1v) is 9.03. The molecule has 0 amide bonds. The molecule has 2 aliphatic rings. The molecule has 3 nitrogen and oxygen atoms in total. The molecule has 2 bridgehead atoms. The van der Waals surface area contributed by atoms with Crippen molar-refractivity contribution in [1.29, 1.82) is 0 Å². The summed E-state index contributed by atoms with van der Waals surface area (Å²) in [6.45, 7) is 0. The van der Waals surface area contributed by atoms with Gasteiger partial charge >= 0.3 is 5.97 Å². The van der Waals surface area contributed by atoms with Crippen molar-refractivity contribution in [1.82, 2.24) is 4.90 Å². The Kier molecular flexibility index (Phi) is 3.90. The highest BCUT2D eigenvalue weighted by Gasteiger charge is 2.40. The number of hydrogen-bond donors (Lipinski definition) is 0. The van der Waals surface area contributed by atoms with Crippen molar-refractivity contribution >= 4 is 32.7 Å². The van der Waals surface area contributed by atoms with Gasteiger partial charge in [0.15, 0.2) is 0 Å². The maximum Gasteiger partial charge on any atom is 0.339 e. The Hall–Kier alpha value is -1.39. The Morgan fingerprint density at radius 1 is 1.09 bits per heavy atom. The average Bonchev–Trinajstić information content (AvgIpc) is 2.77. The lowest BCUT2D eigenvalue weighted by atomic mass is 10.00. The highest BCUT2D eigenvalue weighted by molar-refractivity contribution is 9.10. The normalized spacial score (nSPS) is 27.3. The smallest absolute Gasteiger partial charge is 0.339 e. The van der Waals surface area contributed by atoms with Crippen molar-refractivity contribution < 1.29 is 9.53 Å². The van der Waals surface area contributed by atoms with Crippen LogP contribution >= 0.6 is 15.9 Å². The van der Waals surface area contributed by atoms with Crippen LogP contribution in [0.25, 0.3) is 10.8 Å². The predicted molar refractivity (Wildman–Crippen MR) is 94.7 cm³/mol. The number of nitrogens with zero attached hydrogens (tertiary/aromatic N) is 1. The molecule has 0 saturated carbocycles. The van der Waals surface area contributed by atoms with Crippen LogP contribution in [0.4, 0.5) is 0 Å². The molecule has 2 saturated heterocycles. The van der Waals surface area contributed by atoms with E-state index in [0.29, 0.717) is 17.6 Å². The number of halogens is 1. The molecule has 2 aromatic carbocycles. The number of esters is 1. The summed E-state index contributed by atoms with van der Waals surface area (Å²) in [5.74, 6) is -0.192. The molecular formula is C19H20BrNO2. The Morgan fingerprint density at radius 3 is 2.43 bits per heavy atom. The number of carbonyl (C=O) groups is 1. The SMILES string of the molecule is CN1[C@@H]2CC[C@H]1CC(OC(=O)c1ccc(Br)c3ccccc13)C2. The third-order valence-corrected chi connectivity index (χ3v) is 6.11. The average molecular weight is 374 g/mol. The number of carbonyl (C=O) groups excluding carboxylic acids is 1. The molecule has 23 heavy (non-hydrogen) atoms. The molecule has 4 heteroatoms. The van der Waals surface area contributed by atoms with Crippen LogP contribution in [-0.4, -0.2) is 36.1 Å². The number of fused-ring (bicyclic) bond motifs is 3. The van der Waals surface area contributed by atoms with Gasteiger partial charge in [-0.25, -0.2) is 4.79 Å². The lowest BCUT2D eigenvalue weighted by Crippen LogP contribution is -2.43. The number of piperidine rings is 1. The summed E-state index contributed by atoms with van der Waals surface area (Å²) < 4.78 is 6.88. The first kappa shape index (κ1) is 15.2. The summed E-state index contributed by atoms with van der Waals surface area (Å²) in [4.78, 5) is 15.2. The van der Waals surface area contributed by atoms with Gasteiger partial charge in [0.2, 0.25) is 0 Å². The quantitative estimate of drug-likeness (QED) is 0.731. The second-order valence-electron chi connectivity index (χ2n) is 6.69. The van der Waals surface area contributed by atoms with Gasteiger partial charge in [-0.05, 0) is 42.8 Å². The van der Waals surface area contributed by atoms with Crippen molar-refractivity contribution in [2.24, 2.45) is 0 Å². The Bertz CT molecular complexity index is 746. The van der Waals surface area contributed by atoms with Crippen molar-refractivity contribution in [3.8, 4) is 0 Å². The fraction of sp³-hybridized carbons (Fsp3) is 0.421. The zero-order valence-corrected chi connectivity index (χ0v) is 14.8. The first-order chi connectivity index (χ1) is 11.1. The molecule has 0 N–H and O–H groups in total. The topological polar surface area (TPSA) is 29.5 Å². The summed E-state index contributed by atoms with van der Waals surface area (Å²) in [6.07, 6.45) is 4.45. The van der Waals surface area contributed by atoms with E-state index in [9.17, 15) is 4.79 Å². The van der Waals surface area contributed by atoms with Crippen LogP contribution in [0, 0.1) is 0 Å². The standard InChI is InChI=1S/C19H20BrNO2/c1-21-12-6-7-13(21)11-14(10-12)23-19(22)17-8-9-18(20)16-5-3-2-4-15(16)17/h2-5,8-9,12-14H,6-7,10-11H2,1H3/t12-,13+,14?. The summed E-state index contributed by atoms with van der Waals surface area (Å²) in [5.41, 5.74) is 0.662. The van der Waals surface area contributed by atoms with E-state index < -0.39 is 0 Å². The molecular weight excluding hydrogens is 354 g/mol. The molecule has 2 aromatic rings. The fourth-order valence-corrected chi connectivity index (χ4v) is 4.59. The molecule has 0 aliphatic carbocycles. The Morgan fingerprint density at radius 2 is 1.74 bits per heavy atom. The van der Waals surface area contributed by atoms with Gasteiger partial charge in [0.1, 0.15) is 6.10 Å². The van der Waals surface area contributed by atoms with E-state index >= 15 is 0 Å². The third-order valence-electron chi connectivity index (χ3n) is 5.42. The number of hydrogen-bond acceptors (Lipinski definition) is 3. The molecule has 0 radical (unpaired) electrons. The zero-order valence-electron chi connectivity index (χ0n) is 13.2. The van der Waals surface area contributed by atoms with Crippen LogP contribution in [0.2, 0.25) is 0 Å². The Balaban J connectivity index is 1.57. The second kappa shape index (κ2) is 5.91. The highest BCUT2D eigenvalue weighted by Crippen LogP contribution is 2.36. The molecule has 2 fully saturated rings. The number of benzene rings is 2. The van der Waals surface area contributed by atoms with E-state index in [2.05, 4.69) is 27.9 Å². The van der Waals surface area contributed by atoms with E-state index in [-0.39, 0.29) is 12.1 Å². The van der Waals surface area contributed by atoms with Gasteiger partial charge in [-0.2, -0.15) is 0 Å². The molecule has 2 aliphatic heterocycles. The van der Waals surface area contributed by atoms with Gasteiger partial charge in [-0.15, -0.1) is 0 Å². The maximum absolute atomic E-state index is 12.7. The lowest BCUT2D eigenvalue weighted by Gasteiger charge is -2.35. The number of rotatable bonds is 2. The fourth-order valence-electron chi connectivity index (χ4n) is 4.11. The minimum atomic E-state index is -0.192.